The van der Waals surface area contributed by atoms with Gasteiger partial charge in [-0.1, -0.05) is 51.5 Å². The van der Waals surface area contributed by atoms with Crippen LogP contribution in [0.3, 0.4) is 0 Å². The Bertz CT molecular complexity index is 151. The summed E-state index contributed by atoms with van der Waals surface area (Å²) in [6.45, 7) is 6.74. The summed E-state index contributed by atoms with van der Waals surface area (Å²) in [5.41, 5.74) is 0. The van der Waals surface area contributed by atoms with Crippen LogP contribution in [-0.4, -0.2) is 0 Å². The third kappa shape index (κ3) is 11.5. The number of hydrogen-bond donors (Lipinski definition) is 0. The molecule has 0 aromatic heterocycles. The van der Waals surface area contributed by atoms with Gasteiger partial charge in [0.15, 0.2) is 0 Å². The first-order chi connectivity index (χ1) is 6.77. The van der Waals surface area contributed by atoms with Crippen molar-refractivity contribution in [3.05, 3.63) is 24.3 Å². The molecule has 0 fully saturated rings. The quantitative estimate of drug-likeness (QED) is 0.372. The van der Waals surface area contributed by atoms with E-state index in [0.29, 0.717) is 0 Å². The summed E-state index contributed by atoms with van der Waals surface area (Å²) in [7, 11) is 0. The molecule has 0 aromatic rings. The van der Waals surface area contributed by atoms with Crippen molar-refractivity contribution in [1.29, 1.82) is 0 Å². The van der Waals surface area contributed by atoms with Gasteiger partial charge in [-0.2, -0.15) is 0 Å². The highest BCUT2D eigenvalue weighted by Crippen LogP contribution is 2.03. The monoisotopic (exact) mass is 194 g/mol. The molecule has 82 valence electrons. The van der Waals surface area contributed by atoms with Gasteiger partial charge < -0.3 is 0 Å². The molecule has 0 unspecified atom stereocenters. The van der Waals surface area contributed by atoms with Crippen molar-refractivity contribution >= 4 is 0 Å². The molecule has 0 aliphatic carbocycles. The molecular formula is C14H26. The topological polar surface area (TPSA) is 0 Å². The molecule has 0 N–H and O–H groups in total. The highest BCUT2D eigenvalue weighted by molar-refractivity contribution is 4.85. The van der Waals surface area contributed by atoms with Crippen LogP contribution >= 0.6 is 0 Å². The Hall–Kier alpha value is -0.520. The number of rotatable bonds is 8. The van der Waals surface area contributed by atoms with E-state index in [1.54, 1.807) is 0 Å². The lowest BCUT2D eigenvalue weighted by molar-refractivity contribution is 0.661. The van der Waals surface area contributed by atoms with Crippen molar-refractivity contribution in [2.24, 2.45) is 5.92 Å². The van der Waals surface area contributed by atoms with Crippen molar-refractivity contribution in [2.75, 3.05) is 0 Å². The molecule has 0 radical (unpaired) electrons. The lowest BCUT2D eigenvalue weighted by atomic mass is 10.1. The fraction of sp³-hybridized carbons (Fsp3) is 0.714. The Morgan fingerprint density at radius 3 is 2.00 bits per heavy atom. The highest BCUT2D eigenvalue weighted by atomic mass is 13.9. The van der Waals surface area contributed by atoms with E-state index in [0.717, 1.165) is 5.92 Å². The summed E-state index contributed by atoms with van der Waals surface area (Å²) in [5, 5.41) is 0. The minimum Gasteiger partial charge on any atom is -0.0885 e. The molecule has 0 bridgehead atoms. The SMILES string of the molecule is CCC/C=C/CCC/C=C/CC(C)C. The summed E-state index contributed by atoms with van der Waals surface area (Å²) < 4.78 is 0. The second-order valence-corrected chi connectivity index (χ2v) is 4.29. The van der Waals surface area contributed by atoms with Crippen molar-refractivity contribution in [3.8, 4) is 0 Å². The van der Waals surface area contributed by atoms with Crippen LogP contribution in [-0.2, 0) is 0 Å². The zero-order chi connectivity index (χ0) is 10.6. The van der Waals surface area contributed by atoms with Gasteiger partial charge in [0.1, 0.15) is 0 Å². The van der Waals surface area contributed by atoms with E-state index in [1.165, 1.54) is 38.5 Å². The Morgan fingerprint density at radius 2 is 1.43 bits per heavy atom. The van der Waals surface area contributed by atoms with Crippen LogP contribution in [0.15, 0.2) is 24.3 Å². The first kappa shape index (κ1) is 13.5. The van der Waals surface area contributed by atoms with E-state index in [2.05, 4.69) is 45.1 Å². The Morgan fingerprint density at radius 1 is 0.857 bits per heavy atom. The summed E-state index contributed by atoms with van der Waals surface area (Å²) in [5.74, 6) is 0.802. The average molecular weight is 194 g/mol. The van der Waals surface area contributed by atoms with Gasteiger partial charge in [-0.15, -0.1) is 0 Å². The molecule has 0 spiro atoms. The molecule has 0 aliphatic heterocycles. The van der Waals surface area contributed by atoms with E-state index < -0.39 is 0 Å². The lowest BCUT2D eigenvalue weighted by Gasteiger charge is -1.96. The Balaban J connectivity index is 3.16. The first-order valence-electron chi connectivity index (χ1n) is 6.07. The van der Waals surface area contributed by atoms with Crippen molar-refractivity contribution in [3.63, 3.8) is 0 Å². The predicted molar refractivity (Wildman–Crippen MR) is 66.5 cm³/mol. The fourth-order valence-electron chi connectivity index (χ4n) is 1.24. The molecule has 0 aliphatic rings. The van der Waals surface area contributed by atoms with Crippen LogP contribution < -0.4 is 0 Å². The van der Waals surface area contributed by atoms with Crippen molar-refractivity contribution in [2.45, 2.75) is 59.3 Å². The van der Waals surface area contributed by atoms with Gasteiger partial charge >= 0.3 is 0 Å². The summed E-state index contributed by atoms with van der Waals surface area (Å²) in [6.07, 6.45) is 16.8. The zero-order valence-electron chi connectivity index (χ0n) is 10.1. The first-order valence-corrected chi connectivity index (χ1v) is 6.07. The third-order valence-electron chi connectivity index (χ3n) is 2.14. The number of allylic oxidation sites excluding steroid dienone is 4. The maximum absolute atomic E-state index is 2.33. The number of hydrogen-bond acceptors (Lipinski definition) is 0. The lowest BCUT2D eigenvalue weighted by Crippen LogP contribution is -1.81. The van der Waals surface area contributed by atoms with Gasteiger partial charge in [0, 0.05) is 0 Å². The molecule has 0 amide bonds. The maximum Gasteiger partial charge on any atom is -0.0327 e. The Labute approximate surface area is 90.1 Å². The molecule has 14 heavy (non-hydrogen) atoms. The second kappa shape index (κ2) is 10.6. The van der Waals surface area contributed by atoms with Crippen LogP contribution in [0, 0.1) is 5.92 Å². The fourth-order valence-corrected chi connectivity index (χ4v) is 1.24. The minimum absolute atomic E-state index is 0.802. The summed E-state index contributed by atoms with van der Waals surface area (Å²) in [4.78, 5) is 0. The van der Waals surface area contributed by atoms with Crippen molar-refractivity contribution < 1.29 is 0 Å². The molecule has 0 saturated carbocycles. The van der Waals surface area contributed by atoms with Gasteiger partial charge in [-0.05, 0) is 38.0 Å². The van der Waals surface area contributed by atoms with E-state index in [9.17, 15) is 0 Å². The standard InChI is InChI=1S/C14H26/c1-4-5-6-7-8-9-10-11-12-13-14(2)3/h6-7,11-12,14H,4-5,8-10,13H2,1-3H3/b7-6+,12-11+. The molecule has 0 aromatic carbocycles. The third-order valence-corrected chi connectivity index (χ3v) is 2.14. The maximum atomic E-state index is 2.33. The molecule has 0 rings (SSSR count). The van der Waals surface area contributed by atoms with Gasteiger partial charge in [0.25, 0.3) is 0 Å². The van der Waals surface area contributed by atoms with E-state index in [1.807, 2.05) is 0 Å². The molecule has 0 nitrogen and oxygen atoms in total. The normalized spacial score (nSPS) is 12.3. The summed E-state index contributed by atoms with van der Waals surface area (Å²) >= 11 is 0. The van der Waals surface area contributed by atoms with Gasteiger partial charge in [-0.3, -0.25) is 0 Å². The van der Waals surface area contributed by atoms with Crippen LogP contribution in [0.1, 0.15) is 59.3 Å². The average Bonchev–Trinajstić information content (AvgIpc) is 2.15. The van der Waals surface area contributed by atoms with Gasteiger partial charge in [0.2, 0.25) is 0 Å². The van der Waals surface area contributed by atoms with E-state index in [-0.39, 0.29) is 0 Å². The number of unbranched alkanes of at least 4 members (excludes halogenated alkanes) is 3. The van der Waals surface area contributed by atoms with Gasteiger partial charge in [0.05, 0.1) is 0 Å². The van der Waals surface area contributed by atoms with Gasteiger partial charge in [-0.25, -0.2) is 0 Å². The summed E-state index contributed by atoms with van der Waals surface area (Å²) in [6, 6.07) is 0. The molecule has 0 atom stereocenters. The van der Waals surface area contributed by atoms with Crippen LogP contribution in [0.5, 0.6) is 0 Å². The minimum atomic E-state index is 0.802. The van der Waals surface area contributed by atoms with Crippen LogP contribution in [0.2, 0.25) is 0 Å². The molecule has 0 saturated heterocycles. The largest absolute Gasteiger partial charge is 0.0885 e. The Kier molecular flexibility index (Phi) is 10.2. The second-order valence-electron chi connectivity index (χ2n) is 4.29. The van der Waals surface area contributed by atoms with Crippen LogP contribution in [0.25, 0.3) is 0 Å². The molecule has 0 heterocycles. The zero-order valence-corrected chi connectivity index (χ0v) is 10.1. The smallest absolute Gasteiger partial charge is 0.0327 e. The highest BCUT2D eigenvalue weighted by Gasteiger charge is 1.86. The van der Waals surface area contributed by atoms with Crippen molar-refractivity contribution in [1.82, 2.24) is 0 Å². The molecule has 0 heteroatoms. The predicted octanol–water partition coefficient (Wildman–Crippen LogP) is 5.12. The van der Waals surface area contributed by atoms with E-state index in [4.69, 9.17) is 0 Å². The molecular weight excluding hydrogens is 168 g/mol. The van der Waals surface area contributed by atoms with Crippen LogP contribution in [0.4, 0.5) is 0 Å². The van der Waals surface area contributed by atoms with E-state index >= 15 is 0 Å².